The zero-order valence-electron chi connectivity index (χ0n) is 19.5. The smallest absolute Gasteiger partial charge is 0.255 e. The molecule has 2 aliphatic rings. The number of pyridine rings is 1. The Kier molecular flexibility index (Phi) is 7.93. The van der Waals surface area contributed by atoms with E-state index in [1.165, 1.54) is 12.3 Å². The molecule has 1 aromatic carbocycles. The van der Waals surface area contributed by atoms with Crippen molar-refractivity contribution in [2.75, 3.05) is 42.8 Å². The summed E-state index contributed by atoms with van der Waals surface area (Å²) in [6, 6.07) is 8.04. The van der Waals surface area contributed by atoms with Crippen molar-refractivity contribution in [2.24, 2.45) is 5.92 Å². The SMILES string of the molecule is CS(=O)(=O)c1cnc(N2CCC(CC(=O)N[C@@H]3CCOC3)CC2)c(NC(=O)c2cccc(Cl)c2)c1. The maximum atomic E-state index is 12.9. The van der Waals surface area contributed by atoms with Gasteiger partial charge >= 0.3 is 0 Å². The molecule has 1 aromatic heterocycles. The number of anilines is 2. The number of nitrogens with one attached hydrogen (secondary N) is 2. The average Bonchev–Trinajstić information content (AvgIpc) is 3.32. The molecule has 0 bridgehead atoms. The minimum Gasteiger partial charge on any atom is -0.379 e. The molecular formula is C24H29ClN4O5S. The summed E-state index contributed by atoms with van der Waals surface area (Å²) in [5.74, 6) is 0.375. The second-order valence-corrected chi connectivity index (χ2v) is 11.5. The number of hydrogen-bond acceptors (Lipinski definition) is 7. The van der Waals surface area contributed by atoms with Gasteiger partial charge in [-0.1, -0.05) is 17.7 Å². The van der Waals surface area contributed by atoms with E-state index in [0.717, 1.165) is 25.5 Å². The Balaban J connectivity index is 1.45. The van der Waals surface area contributed by atoms with Gasteiger partial charge in [0.05, 0.1) is 23.2 Å². The van der Waals surface area contributed by atoms with Gasteiger partial charge in [0.2, 0.25) is 5.91 Å². The molecule has 0 aliphatic carbocycles. The summed E-state index contributed by atoms with van der Waals surface area (Å²) >= 11 is 6.01. The Morgan fingerprint density at radius 3 is 2.63 bits per heavy atom. The molecule has 0 saturated carbocycles. The number of benzene rings is 1. The van der Waals surface area contributed by atoms with Crippen LogP contribution in [0.25, 0.3) is 0 Å². The van der Waals surface area contributed by atoms with Crippen molar-refractivity contribution in [3.8, 4) is 0 Å². The molecule has 0 unspecified atom stereocenters. The molecule has 2 N–H and O–H groups in total. The fraction of sp³-hybridized carbons (Fsp3) is 0.458. The first kappa shape index (κ1) is 25.4. The van der Waals surface area contributed by atoms with Crippen molar-refractivity contribution in [1.82, 2.24) is 10.3 Å². The van der Waals surface area contributed by atoms with Crippen LogP contribution in [-0.2, 0) is 19.4 Å². The summed E-state index contributed by atoms with van der Waals surface area (Å²) in [4.78, 5) is 31.7. The number of sulfone groups is 1. The fourth-order valence-corrected chi connectivity index (χ4v) is 5.12. The molecule has 3 heterocycles. The lowest BCUT2D eigenvalue weighted by Crippen LogP contribution is -2.39. The van der Waals surface area contributed by atoms with Gasteiger partial charge in [0.25, 0.3) is 5.91 Å². The van der Waals surface area contributed by atoms with Crippen LogP contribution in [0.1, 0.15) is 36.0 Å². The lowest BCUT2D eigenvalue weighted by Gasteiger charge is -2.33. The minimum atomic E-state index is -3.52. The van der Waals surface area contributed by atoms with Crippen molar-refractivity contribution in [3.63, 3.8) is 0 Å². The third-order valence-corrected chi connectivity index (χ3v) is 7.60. The van der Waals surface area contributed by atoms with Gasteiger partial charge < -0.3 is 20.3 Å². The highest BCUT2D eigenvalue weighted by Crippen LogP contribution is 2.31. The molecule has 9 nitrogen and oxygen atoms in total. The van der Waals surface area contributed by atoms with E-state index in [2.05, 4.69) is 15.6 Å². The van der Waals surface area contributed by atoms with Crippen molar-refractivity contribution >= 4 is 44.8 Å². The molecule has 35 heavy (non-hydrogen) atoms. The topological polar surface area (TPSA) is 118 Å². The molecule has 2 amide bonds. The third-order valence-electron chi connectivity index (χ3n) is 6.29. The van der Waals surface area contributed by atoms with Crippen LogP contribution in [0.5, 0.6) is 0 Å². The standard InChI is InChI=1S/C24H29ClN4O5S/c1-35(32,33)20-13-21(28-24(31)17-3-2-4-18(25)12-17)23(26-14-20)29-8-5-16(6-9-29)11-22(30)27-19-7-10-34-15-19/h2-4,12-14,16,19H,5-11,15H2,1H3,(H,27,30)(H,28,31)/t19-/m1/s1. The van der Waals surface area contributed by atoms with E-state index in [4.69, 9.17) is 16.3 Å². The lowest BCUT2D eigenvalue weighted by molar-refractivity contribution is -0.122. The summed E-state index contributed by atoms with van der Waals surface area (Å²) in [5, 5.41) is 6.26. The number of hydrogen-bond donors (Lipinski definition) is 2. The molecule has 4 rings (SSSR count). The van der Waals surface area contributed by atoms with Crippen LogP contribution >= 0.6 is 11.6 Å². The van der Waals surface area contributed by atoms with Crippen LogP contribution < -0.4 is 15.5 Å². The number of rotatable bonds is 7. The predicted molar refractivity (Wildman–Crippen MR) is 134 cm³/mol. The highest BCUT2D eigenvalue weighted by molar-refractivity contribution is 7.90. The van der Waals surface area contributed by atoms with Gasteiger partial charge in [0.15, 0.2) is 15.7 Å². The van der Waals surface area contributed by atoms with Crippen molar-refractivity contribution in [3.05, 3.63) is 47.1 Å². The van der Waals surface area contributed by atoms with E-state index < -0.39 is 15.7 Å². The van der Waals surface area contributed by atoms with Gasteiger partial charge in [0.1, 0.15) is 0 Å². The average molecular weight is 521 g/mol. The Labute approximate surface area is 210 Å². The van der Waals surface area contributed by atoms with Gasteiger partial charge in [-0.15, -0.1) is 0 Å². The number of halogens is 1. The summed E-state index contributed by atoms with van der Waals surface area (Å²) in [6.07, 6.45) is 5.28. The first-order valence-electron chi connectivity index (χ1n) is 11.6. The Bertz CT molecular complexity index is 1190. The Morgan fingerprint density at radius 1 is 1.20 bits per heavy atom. The second kappa shape index (κ2) is 10.9. The Morgan fingerprint density at radius 2 is 1.97 bits per heavy atom. The normalized spacial score (nSPS) is 18.9. The highest BCUT2D eigenvalue weighted by Gasteiger charge is 2.26. The maximum Gasteiger partial charge on any atom is 0.255 e. The molecule has 2 fully saturated rings. The lowest BCUT2D eigenvalue weighted by atomic mass is 9.93. The number of carbonyl (C=O) groups is 2. The maximum absolute atomic E-state index is 12.9. The third kappa shape index (κ3) is 6.71. The first-order valence-corrected chi connectivity index (χ1v) is 13.8. The molecule has 11 heteroatoms. The number of piperidine rings is 1. The summed E-state index contributed by atoms with van der Waals surface area (Å²) in [5.41, 5.74) is 0.668. The van der Waals surface area contributed by atoms with Gasteiger partial charge in [-0.05, 0) is 49.4 Å². The molecule has 2 saturated heterocycles. The number of nitrogens with zero attached hydrogens (tertiary/aromatic N) is 2. The highest BCUT2D eigenvalue weighted by atomic mass is 35.5. The number of ether oxygens (including phenoxy) is 1. The van der Waals surface area contributed by atoms with Crippen LogP contribution in [0, 0.1) is 5.92 Å². The summed E-state index contributed by atoms with van der Waals surface area (Å²) < 4.78 is 29.5. The minimum absolute atomic E-state index is 0.0186. The van der Waals surface area contributed by atoms with E-state index in [-0.39, 0.29) is 22.8 Å². The summed E-state index contributed by atoms with van der Waals surface area (Å²) in [6.45, 7) is 2.53. The van der Waals surface area contributed by atoms with Crippen LogP contribution in [0.2, 0.25) is 5.02 Å². The molecule has 0 spiro atoms. The monoisotopic (exact) mass is 520 g/mol. The molecule has 0 radical (unpaired) electrons. The predicted octanol–water partition coefficient (Wildman–Crippen LogP) is 2.90. The molecule has 2 aliphatic heterocycles. The number of amides is 2. The van der Waals surface area contributed by atoms with E-state index in [9.17, 15) is 18.0 Å². The quantitative estimate of drug-likeness (QED) is 0.576. The summed E-state index contributed by atoms with van der Waals surface area (Å²) in [7, 11) is -3.52. The molecule has 2 aromatic rings. The van der Waals surface area contributed by atoms with Gasteiger partial charge in [-0.3, -0.25) is 9.59 Å². The molecular weight excluding hydrogens is 492 g/mol. The van der Waals surface area contributed by atoms with E-state index in [1.54, 1.807) is 24.3 Å². The van der Waals surface area contributed by atoms with E-state index in [1.807, 2.05) is 4.90 Å². The first-order chi connectivity index (χ1) is 16.7. The molecule has 1 atom stereocenters. The van der Waals surface area contributed by atoms with Crippen LogP contribution in [-0.4, -0.2) is 63.8 Å². The molecule has 188 valence electrons. The largest absolute Gasteiger partial charge is 0.379 e. The van der Waals surface area contributed by atoms with Crippen molar-refractivity contribution in [1.29, 1.82) is 0 Å². The van der Waals surface area contributed by atoms with Crippen molar-refractivity contribution in [2.45, 2.75) is 36.6 Å². The van der Waals surface area contributed by atoms with Gasteiger partial charge in [-0.25, -0.2) is 13.4 Å². The van der Waals surface area contributed by atoms with Crippen LogP contribution in [0.15, 0.2) is 41.4 Å². The zero-order valence-corrected chi connectivity index (χ0v) is 21.1. The number of carbonyl (C=O) groups excluding carboxylic acids is 2. The fourth-order valence-electron chi connectivity index (χ4n) is 4.36. The zero-order chi connectivity index (χ0) is 25.0. The number of aromatic nitrogens is 1. The van der Waals surface area contributed by atoms with Gasteiger partial charge in [0, 0.05) is 49.2 Å². The van der Waals surface area contributed by atoms with Crippen LogP contribution in [0.4, 0.5) is 11.5 Å². The van der Waals surface area contributed by atoms with Crippen LogP contribution in [0.3, 0.4) is 0 Å². The van der Waals surface area contributed by atoms with Gasteiger partial charge in [-0.2, -0.15) is 0 Å². The van der Waals surface area contributed by atoms with E-state index in [0.29, 0.717) is 54.8 Å². The van der Waals surface area contributed by atoms with E-state index >= 15 is 0 Å². The second-order valence-electron chi connectivity index (χ2n) is 9.04. The Hall–Kier alpha value is -2.69. The van der Waals surface area contributed by atoms with Crippen molar-refractivity contribution < 1.29 is 22.7 Å².